The number of benzene rings is 2. The highest BCUT2D eigenvalue weighted by atomic mass is 15.1. The van der Waals surface area contributed by atoms with Crippen molar-refractivity contribution in [1.82, 2.24) is 19.9 Å². The lowest BCUT2D eigenvalue weighted by atomic mass is 9.86. The molecule has 1 unspecified atom stereocenters. The van der Waals surface area contributed by atoms with Crippen LogP contribution in [0.15, 0.2) is 61.2 Å². The number of aromatic nitrogens is 3. The summed E-state index contributed by atoms with van der Waals surface area (Å²) < 4.78 is 0. The third-order valence-corrected chi connectivity index (χ3v) is 4.71. The minimum Gasteiger partial charge on any atom is -0.302 e. The van der Waals surface area contributed by atoms with Crippen LogP contribution in [0.1, 0.15) is 29.0 Å². The van der Waals surface area contributed by atoms with Crippen LogP contribution in [-0.2, 0) is 6.54 Å². The number of fused-ring (bicyclic) bond motifs is 1. The van der Waals surface area contributed by atoms with Crippen LogP contribution in [-0.4, -0.2) is 33.4 Å². The van der Waals surface area contributed by atoms with Gasteiger partial charge in [-0.1, -0.05) is 42.5 Å². The molecule has 120 valence electrons. The molecule has 2 aromatic carbocycles. The summed E-state index contributed by atoms with van der Waals surface area (Å²) in [7, 11) is 2.19. The number of rotatable bonds is 2. The second-order valence-electron chi connectivity index (χ2n) is 6.37. The molecule has 3 aromatic rings. The SMILES string of the molecule is CN1CCC(c2ccccc2)c2ccc(-c3ncncn3)cc2C1. The second kappa shape index (κ2) is 6.49. The van der Waals surface area contributed by atoms with Gasteiger partial charge in [0.25, 0.3) is 0 Å². The van der Waals surface area contributed by atoms with E-state index in [0.717, 1.165) is 30.9 Å². The molecule has 0 spiro atoms. The molecular weight excluding hydrogens is 296 g/mol. The predicted octanol–water partition coefficient (Wildman–Crippen LogP) is 3.51. The first-order chi connectivity index (χ1) is 11.8. The minimum atomic E-state index is 0.443. The molecule has 0 saturated heterocycles. The molecule has 4 nitrogen and oxygen atoms in total. The van der Waals surface area contributed by atoms with Gasteiger partial charge in [-0.25, -0.2) is 15.0 Å². The quantitative estimate of drug-likeness (QED) is 0.725. The Hall–Kier alpha value is -2.59. The standard InChI is InChI=1S/C20H20N4/c1-24-10-9-19(15-5-3-2-4-6-15)18-8-7-16(11-17(18)12-24)20-22-13-21-14-23-20/h2-8,11,13-14,19H,9-10,12H2,1H3. The molecule has 1 aliphatic rings. The summed E-state index contributed by atoms with van der Waals surface area (Å²) in [6.07, 6.45) is 4.23. The zero-order valence-electron chi connectivity index (χ0n) is 13.8. The van der Waals surface area contributed by atoms with Gasteiger partial charge in [0.05, 0.1) is 0 Å². The van der Waals surface area contributed by atoms with Gasteiger partial charge in [-0.2, -0.15) is 0 Å². The Kier molecular flexibility index (Phi) is 4.05. The zero-order valence-corrected chi connectivity index (χ0v) is 13.8. The Balaban J connectivity index is 1.79. The lowest BCUT2D eigenvalue weighted by molar-refractivity contribution is 0.328. The Labute approximate surface area is 142 Å². The lowest BCUT2D eigenvalue weighted by Gasteiger charge is -2.18. The first-order valence-electron chi connectivity index (χ1n) is 8.30. The third kappa shape index (κ3) is 2.93. The monoisotopic (exact) mass is 316 g/mol. The lowest BCUT2D eigenvalue weighted by Crippen LogP contribution is -2.17. The van der Waals surface area contributed by atoms with E-state index >= 15 is 0 Å². The van der Waals surface area contributed by atoms with Crippen molar-refractivity contribution >= 4 is 0 Å². The molecule has 0 aliphatic carbocycles. The largest absolute Gasteiger partial charge is 0.302 e. The Bertz CT molecular complexity index is 818. The summed E-state index contributed by atoms with van der Waals surface area (Å²) in [5, 5.41) is 0. The van der Waals surface area contributed by atoms with Gasteiger partial charge in [-0.05, 0) is 42.8 Å². The van der Waals surface area contributed by atoms with E-state index in [1.807, 2.05) is 0 Å². The fraction of sp³-hybridized carbons (Fsp3) is 0.250. The molecule has 1 aliphatic heterocycles. The molecule has 0 fully saturated rings. The van der Waals surface area contributed by atoms with Crippen molar-refractivity contribution in [1.29, 1.82) is 0 Å². The van der Waals surface area contributed by atoms with Crippen molar-refractivity contribution in [2.45, 2.75) is 18.9 Å². The van der Waals surface area contributed by atoms with Gasteiger partial charge < -0.3 is 4.90 Å². The highest BCUT2D eigenvalue weighted by Gasteiger charge is 2.22. The maximum Gasteiger partial charge on any atom is 0.162 e. The van der Waals surface area contributed by atoms with Crippen LogP contribution >= 0.6 is 0 Å². The minimum absolute atomic E-state index is 0.443. The Morgan fingerprint density at radius 3 is 2.58 bits per heavy atom. The fourth-order valence-electron chi connectivity index (χ4n) is 3.52. The highest BCUT2D eigenvalue weighted by Crippen LogP contribution is 2.35. The van der Waals surface area contributed by atoms with Crippen molar-refractivity contribution in [3.63, 3.8) is 0 Å². The Morgan fingerprint density at radius 2 is 1.79 bits per heavy atom. The first kappa shape index (κ1) is 15.0. The van der Waals surface area contributed by atoms with Crippen molar-refractivity contribution < 1.29 is 0 Å². The van der Waals surface area contributed by atoms with Crippen LogP contribution < -0.4 is 0 Å². The average Bonchev–Trinajstić information content (AvgIpc) is 2.80. The molecule has 0 radical (unpaired) electrons. The van der Waals surface area contributed by atoms with E-state index in [1.54, 1.807) is 12.7 Å². The number of hydrogen-bond donors (Lipinski definition) is 0. The van der Waals surface area contributed by atoms with E-state index in [4.69, 9.17) is 0 Å². The molecule has 0 saturated carbocycles. The first-order valence-corrected chi connectivity index (χ1v) is 8.30. The fourth-order valence-corrected chi connectivity index (χ4v) is 3.52. The molecule has 24 heavy (non-hydrogen) atoms. The second-order valence-corrected chi connectivity index (χ2v) is 6.37. The molecule has 2 heterocycles. The van der Waals surface area contributed by atoms with Gasteiger partial charge in [-0.3, -0.25) is 0 Å². The summed E-state index contributed by atoms with van der Waals surface area (Å²) in [4.78, 5) is 14.9. The van der Waals surface area contributed by atoms with Gasteiger partial charge in [0, 0.05) is 18.0 Å². The van der Waals surface area contributed by atoms with Crippen LogP contribution in [0.25, 0.3) is 11.4 Å². The maximum atomic E-state index is 4.28. The third-order valence-electron chi connectivity index (χ3n) is 4.71. The molecule has 1 aromatic heterocycles. The van der Waals surface area contributed by atoms with Crippen LogP contribution in [0.4, 0.5) is 0 Å². The summed E-state index contributed by atoms with van der Waals surface area (Å²) in [5.41, 5.74) is 5.23. The molecule has 0 amide bonds. The summed E-state index contributed by atoms with van der Waals surface area (Å²) in [6.45, 7) is 2.05. The smallest absolute Gasteiger partial charge is 0.162 e. The topological polar surface area (TPSA) is 41.9 Å². The van der Waals surface area contributed by atoms with E-state index in [-0.39, 0.29) is 0 Å². The van der Waals surface area contributed by atoms with E-state index in [9.17, 15) is 0 Å². The van der Waals surface area contributed by atoms with Crippen LogP contribution in [0.3, 0.4) is 0 Å². The van der Waals surface area contributed by atoms with Gasteiger partial charge in [-0.15, -0.1) is 0 Å². The van der Waals surface area contributed by atoms with Gasteiger partial charge >= 0.3 is 0 Å². The summed E-state index contributed by atoms with van der Waals surface area (Å²) in [5.74, 6) is 1.18. The number of hydrogen-bond acceptors (Lipinski definition) is 4. The van der Waals surface area contributed by atoms with Gasteiger partial charge in [0.1, 0.15) is 12.7 Å². The average molecular weight is 316 g/mol. The Morgan fingerprint density at radius 1 is 1.00 bits per heavy atom. The van der Waals surface area contributed by atoms with Crippen molar-refractivity contribution in [3.8, 4) is 11.4 Å². The molecule has 4 rings (SSSR count). The highest BCUT2D eigenvalue weighted by molar-refractivity contribution is 5.58. The molecule has 0 bridgehead atoms. The van der Waals surface area contributed by atoms with Gasteiger partial charge in [0.2, 0.25) is 0 Å². The molecular formula is C20H20N4. The maximum absolute atomic E-state index is 4.28. The van der Waals surface area contributed by atoms with E-state index < -0.39 is 0 Å². The van der Waals surface area contributed by atoms with Crippen molar-refractivity contribution in [3.05, 3.63) is 77.9 Å². The summed E-state index contributed by atoms with van der Waals surface area (Å²) >= 11 is 0. The van der Waals surface area contributed by atoms with E-state index in [0.29, 0.717) is 5.92 Å². The van der Waals surface area contributed by atoms with E-state index in [2.05, 4.69) is 75.4 Å². The van der Waals surface area contributed by atoms with Crippen molar-refractivity contribution in [2.24, 2.45) is 0 Å². The van der Waals surface area contributed by atoms with Crippen LogP contribution in [0, 0.1) is 0 Å². The predicted molar refractivity (Wildman–Crippen MR) is 94.5 cm³/mol. The van der Waals surface area contributed by atoms with Crippen LogP contribution in [0.5, 0.6) is 0 Å². The van der Waals surface area contributed by atoms with Crippen LogP contribution in [0.2, 0.25) is 0 Å². The van der Waals surface area contributed by atoms with E-state index in [1.165, 1.54) is 16.7 Å². The molecule has 1 atom stereocenters. The van der Waals surface area contributed by atoms with Gasteiger partial charge in [0.15, 0.2) is 5.82 Å². The zero-order chi connectivity index (χ0) is 16.4. The van der Waals surface area contributed by atoms with Crippen molar-refractivity contribution in [2.75, 3.05) is 13.6 Å². The normalized spacial score (nSPS) is 18.0. The summed E-state index contributed by atoms with van der Waals surface area (Å²) in [6, 6.07) is 17.4. The molecule has 4 heteroatoms. The number of nitrogens with zero attached hydrogens (tertiary/aromatic N) is 4. The molecule has 0 N–H and O–H groups in total.